The van der Waals surface area contributed by atoms with Crippen molar-refractivity contribution in [3.05, 3.63) is 29.3 Å². The highest BCUT2D eigenvalue weighted by atomic mass is 16.6. The molecule has 0 amide bonds. The summed E-state index contributed by atoms with van der Waals surface area (Å²) in [4.78, 5) is 0. The van der Waals surface area contributed by atoms with Crippen molar-refractivity contribution in [1.82, 2.24) is 0 Å². The van der Waals surface area contributed by atoms with E-state index in [9.17, 15) is 5.11 Å². The Kier molecular flexibility index (Phi) is 8.59. The summed E-state index contributed by atoms with van der Waals surface area (Å²) in [6.45, 7) is 11.8. The van der Waals surface area contributed by atoms with Crippen LogP contribution in [0, 0.1) is 0 Å². The number of benzene rings is 1. The monoisotopic (exact) mass is 323 g/mol. The SMILES string of the molecule is COCCOC(O)CC(C)Nc1c(C(C)C)cccc1C(C)C. The van der Waals surface area contributed by atoms with Crippen LogP contribution < -0.4 is 5.32 Å². The topological polar surface area (TPSA) is 50.7 Å². The fourth-order valence-corrected chi connectivity index (χ4v) is 2.66. The Labute approximate surface area is 141 Å². The van der Waals surface area contributed by atoms with E-state index in [1.54, 1.807) is 7.11 Å². The molecule has 23 heavy (non-hydrogen) atoms. The minimum Gasteiger partial charge on any atom is -0.382 e. The molecule has 132 valence electrons. The van der Waals surface area contributed by atoms with E-state index < -0.39 is 6.29 Å². The summed E-state index contributed by atoms with van der Waals surface area (Å²) in [5, 5.41) is 13.6. The number of hydrogen-bond donors (Lipinski definition) is 2. The van der Waals surface area contributed by atoms with Crippen LogP contribution in [0.2, 0.25) is 0 Å². The standard InChI is InChI=1S/C19H33NO3/c1-13(2)16-8-7-9-17(14(3)4)19(16)20-15(5)12-18(21)23-11-10-22-6/h7-9,13-15,18,20-21H,10-12H2,1-6H3. The Bertz CT molecular complexity index is 434. The van der Waals surface area contributed by atoms with E-state index in [0.29, 0.717) is 31.5 Å². The molecule has 0 aliphatic heterocycles. The van der Waals surface area contributed by atoms with Crippen molar-refractivity contribution in [2.24, 2.45) is 0 Å². The highest BCUT2D eigenvalue weighted by Gasteiger charge is 2.17. The van der Waals surface area contributed by atoms with Crippen molar-refractivity contribution in [3.63, 3.8) is 0 Å². The minimum absolute atomic E-state index is 0.116. The van der Waals surface area contributed by atoms with Gasteiger partial charge in [0.05, 0.1) is 13.2 Å². The third-order valence-electron chi connectivity index (χ3n) is 3.92. The van der Waals surface area contributed by atoms with Crippen molar-refractivity contribution in [3.8, 4) is 0 Å². The highest BCUT2D eigenvalue weighted by Crippen LogP contribution is 2.33. The molecule has 4 nitrogen and oxygen atoms in total. The molecule has 0 saturated heterocycles. The number of rotatable bonds is 10. The van der Waals surface area contributed by atoms with Crippen molar-refractivity contribution >= 4 is 5.69 Å². The van der Waals surface area contributed by atoms with E-state index in [1.165, 1.54) is 16.8 Å². The Morgan fingerprint density at radius 3 is 2.04 bits per heavy atom. The minimum atomic E-state index is -0.777. The number of anilines is 1. The lowest BCUT2D eigenvalue weighted by Gasteiger charge is -2.25. The van der Waals surface area contributed by atoms with Crippen molar-refractivity contribution in [2.45, 2.75) is 65.2 Å². The average molecular weight is 323 g/mol. The summed E-state index contributed by atoms with van der Waals surface area (Å²) in [6, 6.07) is 6.60. The molecule has 0 radical (unpaired) electrons. The van der Waals surface area contributed by atoms with Crippen LogP contribution >= 0.6 is 0 Å². The molecule has 1 aromatic rings. The van der Waals surface area contributed by atoms with E-state index >= 15 is 0 Å². The molecular formula is C19H33NO3. The van der Waals surface area contributed by atoms with Gasteiger partial charge in [0, 0.05) is 25.3 Å². The zero-order valence-electron chi connectivity index (χ0n) is 15.4. The molecule has 0 bridgehead atoms. The maximum Gasteiger partial charge on any atom is 0.156 e. The molecule has 0 aromatic heterocycles. The Morgan fingerprint density at radius 2 is 1.57 bits per heavy atom. The summed E-state index contributed by atoms with van der Waals surface area (Å²) >= 11 is 0. The third-order valence-corrected chi connectivity index (χ3v) is 3.92. The second-order valence-corrected chi connectivity index (χ2v) is 6.72. The van der Waals surface area contributed by atoms with Crippen molar-refractivity contribution < 1.29 is 14.6 Å². The van der Waals surface area contributed by atoms with Crippen LogP contribution in [-0.2, 0) is 9.47 Å². The van der Waals surface area contributed by atoms with E-state index in [2.05, 4.69) is 58.1 Å². The first-order valence-electron chi connectivity index (χ1n) is 8.54. The fourth-order valence-electron chi connectivity index (χ4n) is 2.66. The summed E-state index contributed by atoms with van der Waals surface area (Å²) in [6.07, 6.45) is -0.241. The lowest BCUT2D eigenvalue weighted by molar-refractivity contribution is -0.114. The largest absolute Gasteiger partial charge is 0.382 e. The quantitative estimate of drug-likeness (QED) is 0.503. The maximum atomic E-state index is 9.96. The van der Waals surface area contributed by atoms with Crippen LogP contribution in [-0.4, -0.2) is 37.8 Å². The van der Waals surface area contributed by atoms with Gasteiger partial charge < -0.3 is 19.9 Å². The van der Waals surface area contributed by atoms with E-state index in [4.69, 9.17) is 9.47 Å². The Hall–Kier alpha value is -1.10. The van der Waals surface area contributed by atoms with Crippen molar-refractivity contribution in [1.29, 1.82) is 0 Å². The molecule has 2 N–H and O–H groups in total. The average Bonchev–Trinajstić information content (AvgIpc) is 2.46. The molecule has 0 saturated carbocycles. The first-order valence-corrected chi connectivity index (χ1v) is 8.54. The normalized spacial score (nSPS) is 14.3. The predicted molar refractivity (Wildman–Crippen MR) is 96.2 cm³/mol. The van der Waals surface area contributed by atoms with Gasteiger partial charge in [-0.05, 0) is 29.9 Å². The number of aliphatic hydroxyl groups excluding tert-OH is 1. The molecular weight excluding hydrogens is 290 g/mol. The summed E-state index contributed by atoms with van der Waals surface area (Å²) < 4.78 is 10.3. The molecule has 0 fully saturated rings. The number of para-hydroxylation sites is 1. The molecule has 0 heterocycles. The van der Waals surface area contributed by atoms with E-state index in [1.807, 2.05) is 0 Å². The number of methoxy groups -OCH3 is 1. The summed E-state index contributed by atoms with van der Waals surface area (Å²) in [5.41, 5.74) is 3.84. The van der Waals surface area contributed by atoms with Crippen LogP contribution in [0.1, 0.15) is 64.0 Å². The zero-order valence-corrected chi connectivity index (χ0v) is 15.4. The zero-order chi connectivity index (χ0) is 17.4. The second kappa shape index (κ2) is 9.91. The van der Waals surface area contributed by atoms with Gasteiger partial charge >= 0.3 is 0 Å². The second-order valence-electron chi connectivity index (χ2n) is 6.72. The fraction of sp³-hybridized carbons (Fsp3) is 0.684. The molecule has 1 rings (SSSR count). The molecule has 2 atom stereocenters. The van der Waals surface area contributed by atoms with Crippen LogP contribution in [0.15, 0.2) is 18.2 Å². The van der Waals surface area contributed by atoms with Gasteiger partial charge in [-0.25, -0.2) is 0 Å². The Balaban J connectivity index is 2.78. The van der Waals surface area contributed by atoms with Crippen LogP contribution in [0.25, 0.3) is 0 Å². The van der Waals surface area contributed by atoms with Crippen LogP contribution in [0.4, 0.5) is 5.69 Å². The first-order chi connectivity index (χ1) is 10.9. The highest BCUT2D eigenvalue weighted by molar-refractivity contribution is 5.60. The maximum absolute atomic E-state index is 9.96. The lowest BCUT2D eigenvalue weighted by Crippen LogP contribution is -2.26. The van der Waals surface area contributed by atoms with E-state index in [-0.39, 0.29) is 6.04 Å². The van der Waals surface area contributed by atoms with Gasteiger partial charge in [-0.2, -0.15) is 0 Å². The van der Waals surface area contributed by atoms with Gasteiger partial charge in [0.25, 0.3) is 0 Å². The van der Waals surface area contributed by atoms with Crippen LogP contribution in [0.3, 0.4) is 0 Å². The summed E-state index contributed by atoms with van der Waals surface area (Å²) in [5.74, 6) is 0.901. The lowest BCUT2D eigenvalue weighted by atomic mass is 9.92. The van der Waals surface area contributed by atoms with Gasteiger partial charge in [-0.15, -0.1) is 0 Å². The molecule has 4 heteroatoms. The predicted octanol–water partition coefficient (Wildman–Crippen LogP) is 4.11. The summed E-state index contributed by atoms with van der Waals surface area (Å²) in [7, 11) is 1.62. The first kappa shape index (κ1) is 19.9. The molecule has 0 spiro atoms. The van der Waals surface area contributed by atoms with Gasteiger partial charge in [0.15, 0.2) is 6.29 Å². The number of nitrogens with one attached hydrogen (secondary N) is 1. The van der Waals surface area contributed by atoms with Gasteiger partial charge in [-0.3, -0.25) is 0 Å². The molecule has 1 aromatic carbocycles. The third kappa shape index (κ3) is 6.50. The number of hydrogen-bond acceptors (Lipinski definition) is 4. The van der Waals surface area contributed by atoms with Gasteiger partial charge in [0.2, 0.25) is 0 Å². The van der Waals surface area contributed by atoms with E-state index in [0.717, 1.165) is 0 Å². The molecule has 0 aliphatic rings. The number of ether oxygens (including phenoxy) is 2. The van der Waals surface area contributed by atoms with Crippen LogP contribution in [0.5, 0.6) is 0 Å². The Morgan fingerprint density at radius 1 is 1.00 bits per heavy atom. The van der Waals surface area contributed by atoms with Gasteiger partial charge in [0.1, 0.15) is 0 Å². The number of aliphatic hydroxyl groups is 1. The molecule has 2 unspecified atom stereocenters. The van der Waals surface area contributed by atoms with Crippen molar-refractivity contribution in [2.75, 3.05) is 25.6 Å². The molecule has 0 aliphatic carbocycles. The van der Waals surface area contributed by atoms with Gasteiger partial charge in [-0.1, -0.05) is 45.9 Å². The smallest absolute Gasteiger partial charge is 0.156 e.